The number of unbranched alkanes of at least 4 members (excludes halogenated alkanes) is 1. The Kier molecular flexibility index (Phi) is 14.7. The van der Waals surface area contributed by atoms with E-state index in [1.165, 1.54) is 42.4 Å². The van der Waals surface area contributed by atoms with Crippen LogP contribution in [0.5, 0.6) is 0 Å². The van der Waals surface area contributed by atoms with Gasteiger partial charge in [0.15, 0.2) is 0 Å². The van der Waals surface area contributed by atoms with E-state index in [9.17, 15) is 4.79 Å². The molecule has 0 aromatic carbocycles. The molecule has 0 spiro atoms. The summed E-state index contributed by atoms with van der Waals surface area (Å²) in [6, 6.07) is 0.318. The standard InChI is InChI=1S/C36H57N3O/c1-9-12-14-15-32-18-23-38-24-19-34(31(7)28-40)39(27-33(38)26-32)35(37-8)17-22-36(11-3,20-13-10-2)21-16-30(6)25-29(4)5/h9,12,14-16,25-26,28,33H,10-11,13,17-24,27H2,1-8H3/b12-9-,15-14-,30-16-,34-31-,37-35-. The molecule has 0 aliphatic carbocycles. The van der Waals surface area contributed by atoms with E-state index in [1.54, 1.807) is 0 Å². The van der Waals surface area contributed by atoms with Crippen molar-refractivity contribution >= 4 is 12.1 Å². The summed E-state index contributed by atoms with van der Waals surface area (Å²) in [5.41, 5.74) is 6.37. The first-order valence-electron chi connectivity index (χ1n) is 15.7. The number of aliphatic imine (C=N–C) groups is 1. The summed E-state index contributed by atoms with van der Waals surface area (Å²) >= 11 is 0. The van der Waals surface area contributed by atoms with Crippen molar-refractivity contribution in [1.82, 2.24) is 9.80 Å². The maximum absolute atomic E-state index is 12.0. The van der Waals surface area contributed by atoms with Crippen molar-refractivity contribution in [2.24, 2.45) is 10.4 Å². The van der Waals surface area contributed by atoms with Crippen LogP contribution in [0.15, 0.2) is 75.5 Å². The minimum absolute atomic E-state index is 0.264. The van der Waals surface area contributed by atoms with Gasteiger partial charge in [-0.15, -0.1) is 0 Å². The topological polar surface area (TPSA) is 35.9 Å². The molecule has 1 saturated heterocycles. The average Bonchev–Trinajstić information content (AvgIpc) is 3.13. The number of nitrogens with zero attached hydrogens (tertiary/aromatic N) is 3. The molecule has 2 atom stereocenters. The summed E-state index contributed by atoms with van der Waals surface area (Å²) in [6.45, 7) is 18.1. The van der Waals surface area contributed by atoms with E-state index in [0.29, 0.717) is 6.04 Å². The van der Waals surface area contributed by atoms with E-state index in [1.807, 2.05) is 14.0 Å². The molecule has 222 valence electrons. The molecule has 0 saturated carbocycles. The second-order valence-corrected chi connectivity index (χ2v) is 12.1. The smallest absolute Gasteiger partial charge is 0.147 e. The molecule has 2 aliphatic heterocycles. The highest BCUT2D eigenvalue weighted by molar-refractivity contribution is 5.86. The second kappa shape index (κ2) is 17.4. The molecular weight excluding hydrogens is 490 g/mol. The summed E-state index contributed by atoms with van der Waals surface area (Å²) in [5.74, 6) is 1.13. The monoisotopic (exact) mass is 547 g/mol. The van der Waals surface area contributed by atoms with Gasteiger partial charge in [0.1, 0.15) is 12.1 Å². The van der Waals surface area contributed by atoms with Gasteiger partial charge < -0.3 is 4.90 Å². The molecule has 40 heavy (non-hydrogen) atoms. The maximum Gasteiger partial charge on any atom is 0.147 e. The first kappa shape index (κ1) is 33.7. The fourth-order valence-electron chi connectivity index (χ4n) is 6.19. The number of allylic oxidation sites excluding steroid dienone is 9. The summed E-state index contributed by atoms with van der Waals surface area (Å²) in [7, 11) is 1.94. The second-order valence-electron chi connectivity index (χ2n) is 12.1. The van der Waals surface area contributed by atoms with Gasteiger partial charge >= 0.3 is 0 Å². The first-order chi connectivity index (χ1) is 19.2. The van der Waals surface area contributed by atoms with Crippen molar-refractivity contribution in [2.75, 3.05) is 26.7 Å². The molecule has 2 rings (SSSR count). The van der Waals surface area contributed by atoms with Crippen molar-refractivity contribution in [3.63, 3.8) is 0 Å². The van der Waals surface area contributed by atoms with Gasteiger partial charge in [-0.1, -0.05) is 86.8 Å². The Balaban J connectivity index is 2.37. The number of fused-ring (bicyclic) bond motifs is 1. The largest absolute Gasteiger partial charge is 0.332 e. The normalized spacial score (nSPS) is 22.1. The predicted molar refractivity (Wildman–Crippen MR) is 175 cm³/mol. The zero-order valence-corrected chi connectivity index (χ0v) is 26.9. The van der Waals surface area contributed by atoms with Gasteiger partial charge in [-0.05, 0) is 71.3 Å². The van der Waals surface area contributed by atoms with Crippen LogP contribution >= 0.6 is 0 Å². The number of hydrogen-bond acceptors (Lipinski definition) is 3. The van der Waals surface area contributed by atoms with Gasteiger partial charge in [-0.3, -0.25) is 14.7 Å². The van der Waals surface area contributed by atoms with Gasteiger partial charge in [0.05, 0.1) is 0 Å². The Bertz CT molecular complexity index is 1030. The Morgan fingerprint density at radius 1 is 1.10 bits per heavy atom. The van der Waals surface area contributed by atoms with E-state index in [4.69, 9.17) is 4.99 Å². The van der Waals surface area contributed by atoms with Crippen LogP contribution in [-0.4, -0.2) is 54.6 Å². The van der Waals surface area contributed by atoms with Gasteiger partial charge in [0.2, 0.25) is 0 Å². The molecule has 2 heterocycles. The molecular formula is C36H57N3O. The van der Waals surface area contributed by atoms with Crippen LogP contribution in [0.1, 0.15) is 106 Å². The molecule has 0 N–H and O–H groups in total. The van der Waals surface area contributed by atoms with Gasteiger partial charge in [-0.25, -0.2) is 0 Å². The van der Waals surface area contributed by atoms with Gasteiger partial charge in [-0.2, -0.15) is 0 Å². The fourth-order valence-corrected chi connectivity index (χ4v) is 6.19. The Morgan fingerprint density at radius 3 is 2.48 bits per heavy atom. The van der Waals surface area contributed by atoms with Crippen molar-refractivity contribution in [3.8, 4) is 0 Å². The van der Waals surface area contributed by atoms with E-state index in [-0.39, 0.29) is 5.41 Å². The highest BCUT2D eigenvalue weighted by Crippen LogP contribution is 2.39. The van der Waals surface area contributed by atoms with Crippen molar-refractivity contribution < 1.29 is 4.79 Å². The molecule has 2 unspecified atom stereocenters. The molecule has 0 aromatic rings. The molecule has 2 aliphatic rings. The first-order valence-corrected chi connectivity index (χ1v) is 15.7. The third-order valence-electron chi connectivity index (χ3n) is 8.77. The van der Waals surface area contributed by atoms with Crippen LogP contribution in [0.25, 0.3) is 0 Å². The van der Waals surface area contributed by atoms with E-state index >= 15 is 0 Å². The van der Waals surface area contributed by atoms with Gasteiger partial charge in [0.25, 0.3) is 0 Å². The van der Waals surface area contributed by atoms with Crippen LogP contribution in [0.3, 0.4) is 0 Å². The lowest BCUT2D eigenvalue weighted by atomic mass is 9.73. The molecule has 0 radical (unpaired) electrons. The summed E-state index contributed by atoms with van der Waals surface area (Å²) in [6.07, 6.45) is 26.8. The Labute approximate surface area is 246 Å². The fraction of sp³-hybridized carbons (Fsp3) is 0.611. The molecule has 4 heteroatoms. The Hall–Kier alpha value is -2.46. The number of aldehydes is 1. The van der Waals surface area contributed by atoms with Crippen LogP contribution in [0.2, 0.25) is 0 Å². The van der Waals surface area contributed by atoms with E-state index in [0.717, 1.165) is 75.1 Å². The molecule has 1 fully saturated rings. The highest BCUT2D eigenvalue weighted by Gasteiger charge is 2.33. The summed E-state index contributed by atoms with van der Waals surface area (Å²) in [5, 5.41) is 0. The van der Waals surface area contributed by atoms with Crippen LogP contribution in [0.4, 0.5) is 0 Å². The SMILES string of the molecule is C/C=C\C=C/C1=CC2CN(/C(CCC(CC)(C/C=C(/C)C=C(C)C)CCCC)=N\C)/C(=C(/C)C=O)CCN2CC1. The minimum Gasteiger partial charge on any atom is -0.332 e. The average molecular weight is 548 g/mol. The van der Waals surface area contributed by atoms with Crippen LogP contribution in [-0.2, 0) is 4.79 Å². The zero-order chi connectivity index (χ0) is 29.5. The Morgan fingerprint density at radius 2 is 1.85 bits per heavy atom. The number of carbonyl (C=O) groups excluding carboxylic acids is 1. The summed E-state index contributed by atoms with van der Waals surface area (Å²) < 4.78 is 0. The molecule has 0 aromatic heterocycles. The molecule has 0 amide bonds. The lowest BCUT2D eigenvalue weighted by Crippen LogP contribution is -2.44. The number of rotatable bonds is 13. The summed E-state index contributed by atoms with van der Waals surface area (Å²) in [4.78, 5) is 21.9. The van der Waals surface area contributed by atoms with Crippen molar-refractivity contribution in [1.29, 1.82) is 0 Å². The number of amidine groups is 1. The van der Waals surface area contributed by atoms with E-state index in [2.05, 4.69) is 93.9 Å². The predicted octanol–water partition coefficient (Wildman–Crippen LogP) is 9.00. The maximum atomic E-state index is 12.0. The minimum atomic E-state index is 0.264. The van der Waals surface area contributed by atoms with Gasteiger partial charge in [0, 0.05) is 56.8 Å². The highest BCUT2D eigenvalue weighted by atomic mass is 16.1. The lowest BCUT2D eigenvalue weighted by molar-refractivity contribution is -0.105. The molecule has 0 bridgehead atoms. The number of hydrogen-bond donors (Lipinski definition) is 0. The zero-order valence-electron chi connectivity index (χ0n) is 26.9. The third-order valence-corrected chi connectivity index (χ3v) is 8.77. The number of carbonyl (C=O) groups is 1. The third kappa shape index (κ3) is 10.2. The quantitative estimate of drug-likeness (QED) is 0.0759. The van der Waals surface area contributed by atoms with Crippen LogP contribution in [0, 0.1) is 5.41 Å². The lowest BCUT2D eigenvalue weighted by Gasteiger charge is -2.37. The molecule has 4 nitrogen and oxygen atoms in total. The van der Waals surface area contributed by atoms with Crippen LogP contribution < -0.4 is 0 Å². The van der Waals surface area contributed by atoms with E-state index < -0.39 is 0 Å². The van der Waals surface area contributed by atoms with Crippen molar-refractivity contribution in [2.45, 2.75) is 112 Å². The van der Waals surface area contributed by atoms with Crippen molar-refractivity contribution in [3.05, 3.63) is 70.5 Å².